The van der Waals surface area contributed by atoms with Gasteiger partial charge in [-0.3, -0.25) is 4.99 Å². The first-order valence-electron chi connectivity index (χ1n) is 8.10. The SMILES string of the molecule is CN=C(NCCCc1nc(C)no1)NCCOc1ccc(C)cc1.I. The van der Waals surface area contributed by atoms with Crippen molar-refractivity contribution >= 4 is 29.9 Å². The number of aliphatic imine (C=N–C) groups is 1. The molecule has 0 spiro atoms. The standard InChI is InChI=1S/C17H25N5O2.HI/c1-13-6-8-15(9-7-13)23-12-11-20-17(18-3)19-10-4-5-16-21-14(2)22-24-16;/h6-9H,4-5,10-12H2,1-3H3,(H2,18,19,20);1H. The summed E-state index contributed by atoms with van der Waals surface area (Å²) in [4.78, 5) is 8.35. The Bertz CT molecular complexity index is 643. The normalized spacial score (nSPS) is 10.9. The molecule has 0 aliphatic heterocycles. The van der Waals surface area contributed by atoms with Crippen LogP contribution >= 0.6 is 24.0 Å². The number of aryl methyl sites for hydroxylation is 3. The van der Waals surface area contributed by atoms with E-state index in [0.717, 1.165) is 31.1 Å². The Morgan fingerprint density at radius 3 is 2.52 bits per heavy atom. The predicted molar refractivity (Wildman–Crippen MR) is 109 cm³/mol. The van der Waals surface area contributed by atoms with Crippen molar-refractivity contribution in [2.45, 2.75) is 26.7 Å². The van der Waals surface area contributed by atoms with E-state index in [0.29, 0.717) is 24.9 Å². The summed E-state index contributed by atoms with van der Waals surface area (Å²) < 4.78 is 10.7. The summed E-state index contributed by atoms with van der Waals surface area (Å²) in [5.74, 6) is 2.97. The summed E-state index contributed by atoms with van der Waals surface area (Å²) in [6, 6.07) is 8.02. The van der Waals surface area contributed by atoms with E-state index in [2.05, 4.69) is 32.7 Å². The lowest BCUT2D eigenvalue weighted by Gasteiger charge is -2.12. The van der Waals surface area contributed by atoms with E-state index < -0.39 is 0 Å². The van der Waals surface area contributed by atoms with Gasteiger partial charge >= 0.3 is 0 Å². The fraction of sp³-hybridized carbons (Fsp3) is 0.471. The number of aromatic nitrogens is 2. The highest BCUT2D eigenvalue weighted by atomic mass is 127. The lowest BCUT2D eigenvalue weighted by atomic mass is 10.2. The molecule has 8 heteroatoms. The summed E-state index contributed by atoms with van der Waals surface area (Å²) in [7, 11) is 1.75. The molecule has 0 saturated heterocycles. The third-order valence-electron chi connectivity index (χ3n) is 3.34. The van der Waals surface area contributed by atoms with Gasteiger partial charge in [0.15, 0.2) is 11.8 Å². The second-order valence-corrected chi connectivity index (χ2v) is 5.43. The molecule has 0 saturated carbocycles. The highest BCUT2D eigenvalue weighted by Crippen LogP contribution is 2.10. The predicted octanol–water partition coefficient (Wildman–Crippen LogP) is 2.48. The second-order valence-electron chi connectivity index (χ2n) is 5.43. The average Bonchev–Trinajstić information content (AvgIpc) is 3.00. The fourth-order valence-electron chi connectivity index (χ4n) is 2.08. The molecule has 0 aliphatic rings. The molecule has 0 unspecified atom stereocenters. The van der Waals surface area contributed by atoms with Crippen LogP contribution in [0.3, 0.4) is 0 Å². The molecule has 138 valence electrons. The van der Waals surface area contributed by atoms with Gasteiger partial charge in [-0.25, -0.2) is 0 Å². The van der Waals surface area contributed by atoms with Crippen LogP contribution in [0.25, 0.3) is 0 Å². The van der Waals surface area contributed by atoms with Crippen molar-refractivity contribution in [1.82, 2.24) is 20.8 Å². The van der Waals surface area contributed by atoms with Gasteiger partial charge in [-0.15, -0.1) is 24.0 Å². The van der Waals surface area contributed by atoms with Gasteiger partial charge in [0.25, 0.3) is 0 Å². The topological polar surface area (TPSA) is 84.6 Å². The van der Waals surface area contributed by atoms with Crippen LogP contribution < -0.4 is 15.4 Å². The van der Waals surface area contributed by atoms with E-state index in [1.165, 1.54) is 5.56 Å². The van der Waals surface area contributed by atoms with E-state index in [1.807, 2.05) is 31.2 Å². The molecule has 0 atom stereocenters. The summed E-state index contributed by atoms with van der Waals surface area (Å²) in [5, 5.41) is 10.2. The Morgan fingerprint density at radius 2 is 1.88 bits per heavy atom. The average molecular weight is 459 g/mol. The molecule has 0 aliphatic carbocycles. The van der Waals surface area contributed by atoms with Crippen LogP contribution in [0, 0.1) is 13.8 Å². The van der Waals surface area contributed by atoms with Gasteiger partial charge in [0.1, 0.15) is 12.4 Å². The molecule has 1 aromatic carbocycles. The third kappa shape index (κ3) is 8.19. The zero-order valence-electron chi connectivity index (χ0n) is 14.9. The molecule has 2 rings (SSSR count). The Labute approximate surface area is 165 Å². The monoisotopic (exact) mass is 459 g/mol. The molecule has 0 fully saturated rings. The van der Waals surface area contributed by atoms with Crippen molar-refractivity contribution in [2.75, 3.05) is 26.7 Å². The number of hydrogen-bond acceptors (Lipinski definition) is 5. The maximum absolute atomic E-state index is 5.67. The van der Waals surface area contributed by atoms with E-state index in [4.69, 9.17) is 9.26 Å². The van der Waals surface area contributed by atoms with Crippen molar-refractivity contribution in [1.29, 1.82) is 0 Å². The smallest absolute Gasteiger partial charge is 0.226 e. The summed E-state index contributed by atoms with van der Waals surface area (Å²) >= 11 is 0. The third-order valence-corrected chi connectivity index (χ3v) is 3.34. The molecular weight excluding hydrogens is 433 g/mol. The Morgan fingerprint density at radius 1 is 1.16 bits per heavy atom. The largest absolute Gasteiger partial charge is 0.492 e. The van der Waals surface area contributed by atoms with Crippen molar-refractivity contribution in [3.63, 3.8) is 0 Å². The first-order chi connectivity index (χ1) is 11.7. The first kappa shape index (κ1) is 21.2. The number of ether oxygens (including phenoxy) is 1. The van der Waals surface area contributed by atoms with Crippen molar-refractivity contribution in [2.24, 2.45) is 4.99 Å². The fourth-order valence-corrected chi connectivity index (χ4v) is 2.08. The first-order valence-corrected chi connectivity index (χ1v) is 8.10. The van der Waals surface area contributed by atoms with Crippen LogP contribution in [0.4, 0.5) is 0 Å². The van der Waals surface area contributed by atoms with Crippen molar-refractivity contribution in [3.05, 3.63) is 41.5 Å². The lowest BCUT2D eigenvalue weighted by Crippen LogP contribution is -2.39. The van der Waals surface area contributed by atoms with Gasteiger partial charge in [0, 0.05) is 20.0 Å². The molecule has 0 radical (unpaired) electrons. The summed E-state index contributed by atoms with van der Waals surface area (Å²) in [6.45, 7) is 5.90. The van der Waals surface area contributed by atoms with Crippen LogP contribution in [0.2, 0.25) is 0 Å². The van der Waals surface area contributed by atoms with Gasteiger partial charge in [-0.2, -0.15) is 4.98 Å². The number of rotatable bonds is 8. The Balaban J connectivity index is 0.00000312. The summed E-state index contributed by atoms with van der Waals surface area (Å²) in [6.07, 6.45) is 1.64. The van der Waals surface area contributed by atoms with Gasteiger partial charge in [0.05, 0.1) is 6.54 Å². The minimum Gasteiger partial charge on any atom is -0.492 e. The van der Waals surface area contributed by atoms with Crippen LogP contribution in [-0.2, 0) is 6.42 Å². The number of hydrogen-bond donors (Lipinski definition) is 2. The molecule has 2 aromatic rings. The van der Waals surface area contributed by atoms with Crippen LogP contribution in [0.15, 0.2) is 33.8 Å². The number of guanidine groups is 1. The van der Waals surface area contributed by atoms with E-state index in [-0.39, 0.29) is 24.0 Å². The van der Waals surface area contributed by atoms with Gasteiger partial charge in [-0.05, 0) is 32.4 Å². The van der Waals surface area contributed by atoms with Crippen LogP contribution in [-0.4, -0.2) is 42.8 Å². The minimum atomic E-state index is 0. The molecule has 1 heterocycles. The quantitative estimate of drug-likeness (QED) is 0.273. The maximum atomic E-state index is 5.67. The molecule has 7 nitrogen and oxygen atoms in total. The molecular formula is C17H26IN5O2. The zero-order valence-corrected chi connectivity index (χ0v) is 17.2. The molecule has 0 amide bonds. The zero-order chi connectivity index (χ0) is 17.2. The van der Waals surface area contributed by atoms with E-state index in [1.54, 1.807) is 7.05 Å². The van der Waals surface area contributed by atoms with Crippen molar-refractivity contribution in [3.8, 4) is 5.75 Å². The van der Waals surface area contributed by atoms with Crippen molar-refractivity contribution < 1.29 is 9.26 Å². The molecule has 0 bridgehead atoms. The number of halogens is 1. The van der Waals surface area contributed by atoms with Crippen LogP contribution in [0.5, 0.6) is 5.75 Å². The Kier molecular flexibility index (Phi) is 9.90. The van der Waals surface area contributed by atoms with Gasteiger partial charge < -0.3 is 19.9 Å². The number of nitrogens with one attached hydrogen (secondary N) is 2. The summed E-state index contributed by atoms with van der Waals surface area (Å²) in [5.41, 5.74) is 1.22. The van der Waals surface area contributed by atoms with E-state index in [9.17, 15) is 0 Å². The number of benzene rings is 1. The van der Waals surface area contributed by atoms with Gasteiger partial charge in [0.2, 0.25) is 5.89 Å². The molecule has 2 N–H and O–H groups in total. The maximum Gasteiger partial charge on any atom is 0.226 e. The lowest BCUT2D eigenvalue weighted by molar-refractivity contribution is 0.322. The second kappa shape index (κ2) is 11.7. The van der Waals surface area contributed by atoms with Gasteiger partial charge in [-0.1, -0.05) is 22.9 Å². The highest BCUT2D eigenvalue weighted by molar-refractivity contribution is 14.0. The van der Waals surface area contributed by atoms with E-state index >= 15 is 0 Å². The van der Waals surface area contributed by atoms with Crippen LogP contribution in [0.1, 0.15) is 23.7 Å². The molecule has 25 heavy (non-hydrogen) atoms. The number of nitrogens with zero attached hydrogens (tertiary/aromatic N) is 3. The highest BCUT2D eigenvalue weighted by Gasteiger charge is 2.03. The Hall–Kier alpha value is -1.84. The molecule has 1 aromatic heterocycles. The minimum absolute atomic E-state index is 0.